The van der Waals surface area contributed by atoms with Gasteiger partial charge in [0.25, 0.3) is 5.91 Å². The highest BCUT2D eigenvalue weighted by atomic mass is 19.1. The molecule has 0 bridgehead atoms. The second kappa shape index (κ2) is 10.3. The molecule has 34 heavy (non-hydrogen) atoms. The number of benzene rings is 2. The second-order valence-electron chi connectivity index (χ2n) is 8.11. The number of pyridine rings is 1. The normalized spacial score (nSPS) is 13.9. The van der Waals surface area contributed by atoms with Crippen LogP contribution in [0.1, 0.15) is 22.3 Å². The molecule has 1 fully saturated rings. The van der Waals surface area contributed by atoms with E-state index in [-0.39, 0.29) is 11.6 Å². The molecule has 4 rings (SSSR count). The van der Waals surface area contributed by atoms with Gasteiger partial charge in [-0.25, -0.2) is 18.6 Å². The summed E-state index contributed by atoms with van der Waals surface area (Å²) in [6.07, 6.45) is 2.32. The molecule has 2 heterocycles. The molecule has 9 heteroatoms. The summed E-state index contributed by atoms with van der Waals surface area (Å²) >= 11 is 0. The second-order valence-corrected chi connectivity index (χ2v) is 8.11. The lowest BCUT2D eigenvalue weighted by Crippen LogP contribution is -2.35. The van der Waals surface area contributed by atoms with Crippen LogP contribution in [-0.4, -0.2) is 48.0 Å². The first kappa shape index (κ1) is 23.2. The van der Waals surface area contributed by atoms with Gasteiger partial charge in [0.1, 0.15) is 17.5 Å². The number of anilines is 3. The van der Waals surface area contributed by atoms with E-state index >= 15 is 0 Å². The molecule has 0 atom stereocenters. The Hall–Kier alpha value is -4.01. The number of halogens is 2. The van der Waals surface area contributed by atoms with Gasteiger partial charge in [0.05, 0.1) is 17.6 Å². The summed E-state index contributed by atoms with van der Waals surface area (Å²) in [7, 11) is 0. The van der Waals surface area contributed by atoms with Gasteiger partial charge < -0.3 is 20.4 Å². The third kappa shape index (κ3) is 5.67. The minimum atomic E-state index is -0.861. The minimum absolute atomic E-state index is 0.0259. The molecular formula is C25H25F2N5O2. The van der Waals surface area contributed by atoms with E-state index in [1.807, 2.05) is 36.1 Å². The van der Waals surface area contributed by atoms with Crippen molar-refractivity contribution in [3.8, 4) is 0 Å². The van der Waals surface area contributed by atoms with Crippen molar-refractivity contribution in [3.05, 3.63) is 83.6 Å². The zero-order valence-corrected chi connectivity index (χ0v) is 18.7. The summed E-state index contributed by atoms with van der Waals surface area (Å²) in [6, 6.07) is 13.3. The number of rotatable bonds is 4. The Kier molecular flexibility index (Phi) is 7.01. The number of carbonyl (C=O) groups excluding carboxylic acids is 2. The zero-order valence-electron chi connectivity index (χ0n) is 18.7. The van der Waals surface area contributed by atoms with Crippen molar-refractivity contribution in [2.45, 2.75) is 13.3 Å². The predicted molar refractivity (Wildman–Crippen MR) is 127 cm³/mol. The van der Waals surface area contributed by atoms with Crippen molar-refractivity contribution < 1.29 is 18.4 Å². The van der Waals surface area contributed by atoms with Crippen LogP contribution in [0.3, 0.4) is 0 Å². The quantitative estimate of drug-likeness (QED) is 0.587. The zero-order chi connectivity index (χ0) is 24.1. The Morgan fingerprint density at radius 2 is 1.71 bits per heavy atom. The van der Waals surface area contributed by atoms with Gasteiger partial charge in [0.2, 0.25) is 0 Å². The summed E-state index contributed by atoms with van der Waals surface area (Å²) in [5, 5.41) is 4.91. The SMILES string of the molecule is Cc1ccc(C(=O)N2CCCN(c3ccc(NC(=O)Nc4ccc(F)cc4F)cn3)CC2)cc1. The summed E-state index contributed by atoms with van der Waals surface area (Å²) in [5.74, 6) is -0.822. The number of hydrogen-bond acceptors (Lipinski definition) is 4. The number of amides is 3. The van der Waals surface area contributed by atoms with Gasteiger partial charge in [0.15, 0.2) is 0 Å². The maximum absolute atomic E-state index is 13.7. The van der Waals surface area contributed by atoms with Gasteiger partial charge >= 0.3 is 6.03 Å². The van der Waals surface area contributed by atoms with Crippen LogP contribution in [0, 0.1) is 18.6 Å². The molecule has 7 nitrogen and oxygen atoms in total. The molecule has 0 spiro atoms. The molecule has 0 unspecified atom stereocenters. The molecular weight excluding hydrogens is 440 g/mol. The van der Waals surface area contributed by atoms with E-state index < -0.39 is 17.7 Å². The van der Waals surface area contributed by atoms with E-state index in [2.05, 4.69) is 20.5 Å². The van der Waals surface area contributed by atoms with Crippen molar-refractivity contribution in [3.63, 3.8) is 0 Å². The van der Waals surface area contributed by atoms with Gasteiger partial charge in [-0.2, -0.15) is 0 Å². The summed E-state index contributed by atoms with van der Waals surface area (Å²) in [5.41, 5.74) is 2.10. The number of nitrogens with zero attached hydrogens (tertiary/aromatic N) is 3. The first-order valence-electron chi connectivity index (χ1n) is 11.0. The summed E-state index contributed by atoms with van der Waals surface area (Å²) < 4.78 is 26.7. The van der Waals surface area contributed by atoms with Crippen molar-refractivity contribution in [1.82, 2.24) is 9.88 Å². The lowest BCUT2D eigenvalue weighted by molar-refractivity contribution is 0.0767. The number of carbonyl (C=O) groups is 2. The van der Waals surface area contributed by atoms with Gasteiger partial charge in [-0.05, 0) is 49.7 Å². The third-order valence-corrected chi connectivity index (χ3v) is 5.59. The van der Waals surface area contributed by atoms with E-state index in [1.54, 1.807) is 12.1 Å². The first-order valence-corrected chi connectivity index (χ1v) is 11.0. The standard InChI is InChI=1S/C25H25F2N5O2/c1-17-3-5-18(6-4-17)24(33)32-12-2-11-31(13-14-32)23-10-8-20(16-28-23)29-25(34)30-22-9-7-19(26)15-21(22)27/h3-10,15-16H,2,11-14H2,1H3,(H2,29,30,34). The van der Waals surface area contributed by atoms with Crippen molar-refractivity contribution >= 4 is 29.1 Å². The first-order chi connectivity index (χ1) is 16.4. The molecule has 0 saturated carbocycles. The average Bonchev–Trinajstić information content (AvgIpc) is 3.08. The van der Waals surface area contributed by atoms with Gasteiger partial charge in [0, 0.05) is 37.8 Å². The molecule has 1 aliphatic rings. The van der Waals surface area contributed by atoms with E-state index in [4.69, 9.17) is 0 Å². The topological polar surface area (TPSA) is 77.6 Å². The Morgan fingerprint density at radius 3 is 2.41 bits per heavy atom. The Balaban J connectivity index is 1.33. The fourth-order valence-corrected chi connectivity index (χ4v) is 3.75. The summed E-state index contributed by atoms with van der Waals surface area (Å²) in [4.78, 5) is 33.3. The van der Waals surface area contributed by atoms with Crippen LogP contribution >= 0.6 is 0 Å². The summed E-state index contributed by atoms with van der Waals surface area (Å²) in [6.45, 7) is 4.64. The predicted octanol–water partition coefficient (Wildman–Crippen LogP) is 4.66. The largest absolute Gasteiger partial charge is 0.355 e. The van der Waals surface area contributed by atoms with Crippen LogP contribution in [0.4, 0.5) is 30.8 Å². The van der Waals surface area contributed by atoms with Crippen LogP contribution in [0.25, 0.3) is 0 Å². The van der Waals surface area contributed by atoms with Crippen molar-refractivity contribution in [2.75, 3.05) is 41.7 Å². The van der Waals surface area contributed by atoms with Crippen molar-refractivity contribution in [1.29, 1.82) is 0 Å². The fourth-order valence-electron chi connectivity index (χ4n) is 3.75. The monoisotopic (exact) mass is 465 g/mol. The van der Waals surface area contributed by atoms with E-state index in [9.17, 15) is 18.4 Å². The van der Waals surface area contributed by atoms with Gasteiger partial charge in [-0.1, -0.05) is 17.7 Å². The van der Waals surface area contributed by atoms with Crippen LogP contribution in [-0.2, 0) is 0 Å². The number of hydrogen-bond donors (Lipinski definition) is 2. The number of aryl methyl sites for hydroxylation is 1. The van der Waals surface area contributed by atoms with Gasteiger partial charge in [-0.3, -0.25) is 4.79 Å². The van der Waals surface area contributed by atoms with Crippen LogP contribution in [0.5, 0.6) is 0 Å². The maximum atomic E-state index is 13.7. The van der Waals surface area contributed by atoms with Crippen LogP contribution in [0.2, 0.25) is 0 Å². The molecule has 1 saturated heterocycles. The maximum Gasteiger partial charge on any atom is 0.323 e. The molecule has 3 amide bonds. The van der Waals surface area contributed by atoms with Gasteiger partial charge in [-0.15, -0.1) is 0 Å². The number of urea groups is 1. The lowest BCUT2D eigenvalue weighted by Gasteiger charge is -2.23. The Bertz CT molecular complexity index is 1170. The number of aromatic nitrogens is 1. The molecule has 1 aliphatic heterocycles. The molecule has 3 aromatic rings. The highest BCUT2D eigenvalue weighted by Gasteiger charge is 2.21. The smallest absolute Gasteiger partial charge is 0.323 e. The Labute approximate surface area is 196 Å². The van der Waals surface area contributed by atoms with E-state index in [0.29, 0.717) is 37.0 Å². The lowest BCUT2D eigenvalue weighted by atomic mass is 10.1. The third-order valence-electron chi connectivity index (χ3n) is 5.59. The molecule has 2 aromatic carbocycles. The molecule has 0 radical (unpaired) electrons. The fraction of sp³-hybridized carbons (Fsp3) is 0.240. The highest BCUT2D eigenvalue weighted by Crippen LogP contribution is 2.19. The van der Waals surface area contributed by atoms with E-state index in [0.717, 1.165) is 36.5 Å². The minimum Gasteiger partial charge on any atom is -0.355 e. The van der Waals surface area contributed by atoms with Crippen molar-refractivity contribution in [2.24, 2.45) is 0 Å². The highest BCUT2D eigenvalue weighted by molar-refractivity contribution is 5.99. The molecule has 0 aliphatic carbocycles. The number of nitrogens with one attached hydrogen (secondary N) is 2. The Morgan fingerprint density at radius 1 is 0.912 bits per heavy atom. The molecule has 2 N–H and O–H groups in total. The molecule has 1 aromatic heterocycles. The van der Waals surface area contributed by atoms with E-state index in [1.165, 1.54) is 6.20 Å². The van der Waals surface area contributed by atoms with Crippen LogP contribution in [0.15, 0.2) is 60.8 Å². The average molecular weight is 466 g/mol. The molecule has 176 valence electrons. The van der Waals surface area contributed by atoms with Crippen LogP contribution < -0.4 is 15.5 Å².